The highest BCUT2D eigenvalue weighted by molar-refractivity contribution is 6.05. The molecule has 2 heterocycles. The van der Waals surface area contributed by atoms with Crippen LogP contribution in [0.2, 0.25) is 0 Å². The fourth-order valence-corrected chi connectivity index (χ4v) is 3.45. The topological polar surface area (TPSA) is 83.8 Å². The molecule has 9 heteroatoms. The number of furan rings is 1. The molecule has 0 radical (unpaired) electrons. The molecular formula is C23H21F2N3O4. The van der Waals surface area contributed by atoms with Gasteiger partial charge in [0.25, 0.3) is 5.91 Å². The molecule has 0 aliphatic carbocycles. The fraction of sp³-hybridized carbons (Fsp3) is 0.217. The minimum atomic E-state index is -0.643. The number of ether oxygens (including phenoxy) is 1. The summed E-state index contributed by atoms with van der Waals surface area (Å²) in [5.41, 5.74) is 1.16. The number of hydrogen-bond acceptors (Lipinski definition) is 4. The van der Waals surface area contributed by atoms with Crippen LogP contribution in [0.3, 0.4) is 0 Å². The van der Waals surface area contributed by atoms with Crippen LogP contribution in [-0.4, -0.2) is 36.5 Å². The zero-order chi connectivity index (χ0) is 22.7. The minimum Gasteiger partial charge on any atom is -0.469 e. The maximum Gasteiger partial charge on any atom is 0.322 e. The molecule has 3 amide bonds. The molecule has 166 valence electrons. The van der Waals surface area contributed by atoms with Gasteiger partial charge in [0.2, 0.25) is 0 Å². The standard InChI is InChI=1S/C23H21F2N3O4/c1-14-18(7-9-31-14)22(29)27-20-12-17(5-6-19(20)25)26-23(30)28-8-10-32-21(13-28)15-3-2-4-16(24)11-15/h2-7,9,11-12,21H,8,10,13H2,1H3,(H,26,30)(H,27,29). The molecule has 0 bridgehead atoms. The summed E-state index contributed by atoms with van der Waals surface area (Å²) < 4.78 is 38.5. The van der Waals surface area contributed by atoms with E-state index in [2.05, 4.69) is 10.6 Å². The van der Waals surface area contributed by atoms with Crippen LogP contribution in [0.15, 0.2) is 59.2 Å². The van der Waals surface area contributed by atoms with Gasteiger partial charge < -0.3 is 24.7 Å². The van der Waals surface area contributed by atoms with Gasteiger partial charge in [-0.1, -0.05) is 12.1 Å². The van der Waals surface area contributed by atoms with Crippen molar-refractivity contribution in [3.05, 3.63) is 83.3 Å². The number of morpholine rings is 1. The third-order valence-corrected chi connectivity index (χ3v) is 5.14. The number of carbonyl (C=O) groups excluding carboxylic acids is 2. The predicted molar refractivity (Wildman–Crippen MR) is 113 cm³/mol. The second kappa shape index (κ2) is 9.19. The summed E-state index contributed by atoms with van der Waals surface area (Å²) in [6, 6.07) is 11.0. The zero-order valence-corrected chi connectivity index (χ0v) is 17.2. The van der Waals surface area contributed by atoms with Crippen molar-refractivity contribution in [2.24, 2.45) is 0 Å². The van der Waals surface area contributed by atoms with Crippen LogP contribution in [0.5, 0.6) is 0 Å². The van der Waals surface area contributed by atoms with Crippen molar-refractivity contribution < 1.29 is 27.5 Å². The summed E-state index contributed by atoms with van der Waals surface area (Å²) in [6.45, 7) is 2.51. The van der Waals surface area contributed by atoms with Gasteiger partial charge in [0.15, 0.2) is 0 Å². The Morgan fingerprint density at radius 3 is 2.69 bits per heavy atom. The van der Waals surface area contributed by atoms with E-state index in [4.69, 9.17) is 9.15 Å². The first-order valence-corrected chi connectivity index (χ1v) is 9.98. The first-order chi connectivity index (χ1) is 15.4. The van der Waals surface area contributed by atoms with Gasteiger partial charge in [0.1, 0.15) is 23.5 Å². The van der Waals surface area contributed by atoms with E-state index in [0.717, 1.165) is 6.07 Å². The van der Waals surface area contributed by atoms with E-state index < -0.39 is 23.9 Å². The molecule has 32 heavy (non-hydrogen) atoms. The Balaban J connectivity index is 1.43. The molecule has 4 rings (SSSR count). The number of anilines is 2. The van der Waals surface area contributed by atoms with Crippen molar-refractivity contribution in [1.29, 1.82) is 0 Å². The number of hydrogen-bond donors (Lipinski definition) is 2. The van der Waals surface area contributed by atoms with E-state index in [1.165, 1.54) is 41.5 Å². The first kappa shape index (κ1) is 21.5. The van der Waals surface area contributed by atoms with E-state index in [-0.39, 0.29) is 23.6 Å². The lowest BCUT2D eigenvalue weighted by molar-refractivity contribution is -0.0136. The molecule has 1 aliphatic heterocycles. The number of halogens is 2. The van der Waals surface area contributed by atoms with Crippen LogP contribution < -0.4 is 10.6 Å². The van der Waals surface area contributed by atoms with Gasteiger partial charge >= 0.3 is 6.03 Å². The van der Waals surface area contributed by atoms with Crippen LogP contribution >= 0.6 is 0 Å². The van der Waals surface area contributed by atoms with Crippen LogP contribution in [0.1, 0.15) is 27.8 Å². The lowest BCUT2D eigenvalue weighted by Gasteiger charge is -2.33. The van der Waals surface area contributed by atoms with E-state index in [0.29, 0.717) is 30.2 Å². The number of carbonyl (C=O) groups is 2. The van der Waals surface area contributed by atoms with Crippen molar-refractivity contribution in [2.45, 2.75) is 13.0 Å². The van der Waals surface area contributed by atoms with Crippen LogP contribution in [0, 0.1) is 18.6 Å². The maximum atomic E-state index is 14.2. The molecule has 1 fully saturated rings. The molecule has 2 N–H and O–H groups in total. The summed E-state index contributed by atoms with van der Waals surface area (Å²) in [7, 11) is 0. The lowest BCUT2D eigenvalue weighted by Crippen LogP contribution is -2.44. The highest BCUT2D eigenvalue weighted by atomic mass is 19.1. The smallest absolute Gasteiger partial charge is 0.322 e. The minimum absolute atomic E-state index is 0.0759. The SMILES string of the molecule is Cc1occc1C(=O)Nc1cc(NC(=O)N2CCOC(c3cccc(F)c3)C2)ccc1F. The Hall–Kier alpha value is -3.72. The Bertz CT molecular complexity index is 1150. The normalized spacial score (nSPS) is 16.0. The van der Waals surface area contributed by atoms with E-state index in [1.54, 1.807) is 19.1 Å². The van der Waals surface area contributed by atoms with Crippen molar-refractivity contribution in [3.63, 3.8) is 0 Å². The van der Waals surface area contributed by atoms with Crippen LogP contribution in [0.4, 0.5) is 25.0 Å². The summed E-state index contributed by atoms with van der Waals surface area (Å²) in [5.74, 6) is -1.13. The van der Waals surface area contributed by atoms with Crippen molar-refractivity contribution in [3.8, 4) is 0 Å². The number of rotatable bonds is 4. The van der Waals surface area contributed by atoms with Gasteiger partial charge in [-0.2, -0.15) is 0 Å². The Morgan fingerprint density at radius 1 is 1.09 bits per heavy atom. The number of benzene rings is 2. The zero-order valence-electron chi connectivity index (χ0n) is 17.2. The number of nitrogens with zero attached hydrogens (tertiary/aromatic N) is 1. The average Bonchev–Trinajstić information content (AvgIpc) is 3.22. The lowest BCUT2D eigenvalue weighted by atomic mass is 10.1. The van der Waals surface area contributed by atoms with E-state index in [9.17, 15) is 18.4 Å². The molecule has 0 saturated carbocycles. The Kier molecular flexibility index (Phi) is 6.18. The summed E-state index contributed by atoms with van der Waals surface area (Å²) >= 11 is 0. The van der Waals surface area contributed by atoms with Gasteiger partial charge in [0, 0.05) is 12.2 Å². The van der Waals surface area contributed by atoms with Crippen molar-refractivity contribution in [2.75, 3.05) is 30.3 Å². The second-order valence-corrected chi connectivity index (χ2v) is 7.33. The van der Waals surface area contributed by atoms with Gasteiger partial charge in [-0.25, -0.2) is 13.6 Å². The van der Waals surface area contributed by atoms with E-state index >= 15 is 0 Å². The summed E-state index contributed by atoms with van der Waals surface area (Å²) in [4.78, 5) is 26.6. The monoisotopic (exact) mass is 441 g/mol. The van der Waals surface area contributed by atoms with Gasteiger partial charge in [0.05, 0.1) is 30.7 Å². The molecule has 3 aromatic rings. The molecule has 2 aromatic carbocycles. The average molecular weight is 441 g/mol. The number of aryl methyl sites for hydroxylation is 1. The molecular weight excluding hydrogens is 420 g/mol. The third-order valence-electron chi connectivity index (χ3n) is 5.14. The molecule has 1 saturated heterocycles. The largest absolute Gasteiger partial charge is 0.469 e. The molecule has 1 atom stereocenters. The number of amides is 3. The number of nitrogens with one attached hydrogen (secondary N) is 2. The Labute approximate surface area is 183 Å². The predicted octanol–water partition coefficient (Wildman–Crippen LogP) is 4.72. The maximum absolute atomic E-state index is 14.2. The van der Waals surface area contributed by atoms with Crippen molar-refractivity contribution in [1.82, 2.24) is 4.90 Å². The van der Waals surface area contributed by atoms with Gasteiger partial charge in [-0.15, -0.1) is 0 Å². The third kappa shape index (κ3) is 4.78. The number of urea groups is 1. The highest BCUT2D eigenvalue weighted by Gasteiger charge is 2.26. The summed E-state index contributed by atoms with van der Waals surface area (Å²) in [5, 5.41) is 5.19. The first-order valence-electron chi connectivity index (χ1n) is 9.98. The van der Waals surface area contributed by atoms with Crippen LogP contribution in [-0.2, 0) is 4.74 Å². The molecule has 1 unspecified atom stereocenters. The summed E-state index contributed by atoms with van der Waals surface area (Å²) in [6.07, 6.45) is 0.919. The molecule has 0 spiro atoms. The highest BCUT2D eigenvalue weighted by Crippen LogP contribution is 2.25. The second-order valence-electron chi connectivity index (χ2n) is 7.33. The fourth-order valence-electron chi connectivity index (χ4n) is 3.45. The van der Waals surface area contributed by atoms with Gasteiger partial charge in [-0.05, 0) is 48.9 Å². The van der Waals surface area contributed by atoms with Crippen molar-refractivity contribution >= 4 is 23.3 Å². The molecule has 7 nitrogen and oxygen atoms in total. The quantitative estimate of drug-likeness (QED) is 0.614. The van der Waals surface area contributed by atoms with Crippen LogP contribution in [0.25, 0.3) is 0 Å². The Morgan fingerprint density at radius 2 is 1.94 bits per heavy atom. The molecule has 1 aromatic heterocycles. The van der Waals surface area contributed by atoms with Gasteiger partial charge in [-0.3, -0.25) is 4.79 Å². The molecule has 1 aliphatic rings. The van der Waals surface area contributed by atoms with E-state index in [1.807, 2.05) is 0 Å².